The Hall–Kier alpha value is -10.8. The zero-order valence-electron chi connectivity index (χ0n) is 86.4. The summed E-state index contributed by atoms with van der Waals surface area (Å²) in [6.45, 7) is 45.7. The summed E-state index contributed by atoms with van der Waals surface area (Å²) in [5.41, 5.74) is 0.345. The number of benzene rings is 3. The fraction of sp³-hybridized carbons (Fsp3) is 0.657. The summed E-state index contributed by atoms with van der Waals surface area (Å²) in [5.74, 6) is -3.16. The van der Waals surface area contributed by atoms with E-state index < -0.39 is 140 Å². The average Bonchev–Trinajstić information content (AvgIpc) is 1.72. The van der Waals surface area contributed by atoms with Gasteiger partial charge in [0.15, 0.2) is 0 Å². The van der Waals surface area contributed by atoms with E-state index in [1.54, 1.807) is 89.7 Å². The summed E-state index contributed by atoms with van der Waals surface area (Å²) in [4.78, 5) is 159. The maximum Gasteiger partial charge on any atom is 0.329 e. The number of ether oxygens (including phenoxy) is 12. The molecule has 3 aliphatic carbocycles. The fourth-order valence-corrected chi connectivity index (χ4v) is 20.1. The number of methoxy groups -OCH3 is 3. The molecule has 6 aliphatic heterocycles. The second kappa shape index (κ2) is 40.8. The van der Waals surface area contributed by atoms with Crippen LogP contribution >= 0.6 is 0 Å². The van der Waals surface area contributed by atoms with Crippen LogP contribution in [0, 0.1) is 69.5 Å². The van der Waals surface area contributed by atoms with Gasteiger partial charge in [0.2, 0.25) is 35.4 Å². The standard InChI is InChI=1S/C36H51N3O7.2C36H49N3O7/c3*1-21-28-20-39(30(21)33(42)46-35(5,6)7)32(41)24(34(2,3)4)18-29(40)45-36(8)19-22(36)13-11-10-12-14-26-31(44-28)38-27-17-23(43-9)15-16-25(27)37-26/h15-17,21-22,24,28,30H,10-14,18-20H2,1-9H3;2*12,14-17,21-22,24,28,30H,10-11,13,18-20H2,1-9H3/b;2*14-12+/t21-,22-,24-,28+,30+,36-;21-,22+,24-,28+,30+,36+;21-,22-,24-,28+,30+,36-/m111/s1. The Morgan fingerprint density at radius 2 is 0.674 bits per heavy atom. The van der Waals surface area contributed by atoms with Crippen molar-refractivity contribution in [2.24, 2.45) is 69.5 Å². The molecule has 3 saturated carbocycles. The molecule has 0 unspecified atom stereocenters. The SMILES string of the molecule is COc1ccc2nc3c(nc2c1)O[C@H]1CN(C(=O)[C@H](C(C)(C)C)CC(=O)O[C@@]2(C)C[C@@H]2CCC/C=C/3)[C@H](C(=O)OC(C)(C)C)[C@@H]1C.COc1ccc2nc3c(nc2c1)O[C@H]1CN(C(=O)[C@H](C(C)(C)C)CC(=O)O[C@]2(C)C[C@H]2CCC/C=C/3)[C@H](C(=O)OC(C)(C)C)[C@@H]1C.COc1ccc2nc3c(nc2c1)O[C@H]1CN(C(=O)[C@H](C(C)(C)C)CC(=O)O[C@]2(C)C[C@H]2CCCCC3)[C@H](C(=O)OC(C)(C)C)[C@@H]1C. The third-order valence-electron chi connectivity index (χ3n) is 28.7. The highest BCUT2D eigenvalue weighted by atomic mass is 16.6. The lowest BCUT2D eigenvalue weighted by Crippen LogP contribution is -2.50. The van der Waals surface area contributed by atoms with Crippen LogP contribution in [0.15, 0.2) is 66.7 Å². The summed E-state index contributed by atoms with van der Waals surface area (Å²) in [7, 11) is 4.80. The zero-order chi connectivity index (χ0) is 101. The predicted molar refractivity (Wildman–Crippen MR) is 521 cm³/mol. The summed E-state index contributed by atoms with van der Waals surface area (Å²) < 4.78 is 71.7. The molecule has 6 bridgehead atoms. The Bertz CT molecular complexity index is 5370. The Balaban J connectivity index is 0.000000175. The molecule has 18 atom stereocenters. The zero-order valence-corrected chi connectivity index (χ0v) is 86.4. The van der Waals surface area contributed by atoms with Gasteiger partial charge in [-0.05, 0) is 225 Å². The van der Waals surface area contributed by atoms with Crippen molar-refractivity contribution in [1.82, 2.24) is 44.6 Å². The van der Waals surface area contributed by atoms with E-state index in [9.17, 15) is 43.2 Å². The molecular formula is C108H149N9O21. The van der Waals surface area contributed by atoms with Gasteiger partial charge in [0.1, 0.15) is 104 Å². The van der Waals surface area contributed by atoms with E-state index in [0.717, 1.165) is 94.7 Å². The van der Waals surface area contributed by atoms with Gasteiger partial charge in [0, 0.05) is 53.7 Å². The third-order valence-corrected chi connectivity index (χ3v) is 28.7. The molecule has 3 saturated heterocycles. The average molecular weight is 1910 g/mol. The van der Waals surface area contributed by atoms with E-state index in [1.165, 1.54) is 0 Å². The van der Waals surface area contributed by atoms with Crippen molar-refractivity contribution in [3.63, 3.8) is 0 Å². The molecule has 3 aromatic carbocycles. The van der Waals surface area contributed by atoms with Crippen LogP contribution in [0.5, 0.6) is 34.9 Å². The molecule has 30 nitrogen and oxygen atoms in total. The Morgan fingerprint density at radius 3 is 0.978 bits per heavy atom. The lowest BCUT2D eigenvalue weighted by atomic mass is 9.77. The molecule has 30 heteroatoms. The predicted octanol–water partition coefficient (Wildman–Crippen LogP) is 18.4. The lowest BCUT2D eigenvalue weighted by Gasteiger charge is -2.35. The minimum atomic E-state index is -0.919. The van der Waals surface area contributed by atoms with Gasteiger partial charge in [-0.3, -0.25) is 28.8 Å². The Kier molecular flexibility index (Phi) is 30.9. The van der Waals surface area contributed by atoms with Gasteiger partial charge in [-0.15, -0.1) is 0 Å². The van der Waals surface area contributed by atoms with E-state index in [2.05, 4.69) is 12.2 Å². The largest absolute Gasteiger partial charge is 0.497 e. The van der Waals surface area contributed by atoms with Crippen LogP contribution in [0.3, 0.4) is 0 Å². The number of nitrogens with zero attached hydrogens (tertiary/aromatic N) is 9. The first-order chi connectivity index (χ1) is 64.5. The van der Waals surface area contributed by atoms with E-state index in [1.807, 2.05) is 179 Å². The van der Waals surface area contributed by atoms with Crippen molar-refractivity contribution < 1.29 is 100.0 Å². The number of carbonyl (C=O) groups excluding carboxylic acids is 9. The highest BCUT2D eigenvalue weighted by molar-refractivity contribution is 5.93. The molecule has 9 heterocycles. The third kappa shape index (κ3) is 25.1. The van der Waals surface area contributed by atoms with Crippen molar-refractivity contribution >= 4 is 98.8 Å². The summed E-state index contributed by atoms with van der Waals surface area (Å²) >= 11 is 0. The quantitative estimate of drug-likeness (QED) is 0.110. The van der Waals surface area contributed by atoms with Crippen molar-refractivity contribution in [2.75, 3.05) is 41.0 Å². The number of fused-ring (bicyclic) bond motifs is 15. The summed E-state index contributed by atoms with van der Waals surface area (Å²) in [6, 6.07) is 13.9. The molecule has 3 amide bonds. The van der Waals surface area contributed by atoms with Crippen molar-refractivity contribution in [3.8, 4) is 34.9 Å². The first-order valence-electron chi connectivity index (χ1n) is 49.6. The summed E-state index contributed by atoms with van der Waals surface area (Å²) in [6.07, 6.45) is 18.3. The molecule has 15 rings (SSSR count). The smallest absolute Gasteiger partial charge is 0.329 e. The van der Waals surface area contributed by atoms with E-state index >= 15 is 0 Å². The minimum Gasteiger partial charge on any atom is -0.497 e. The fourth-order valence-electron chi connectivity index (χ4n) is 20.1. The molecule has 6 fully saturated rings. The number of amides is 3. The molecule has 0 N–H and O–H groups in total. The molecule has 752 valence electrons. The number of carbonyl (C=O) groups is 9. The van der Waals surface area contributed by atoms with Gasteiger partial charge in [-0.1, -0.05) is 108 Å². The summed E-state index contributed by atoms with van der Waals surface area (Å²) in [5, 5.41) is 0. The number of rotatable bonds is 6. The van der Waals surface area contributed by atoms with E-state index in [4.69, 9.17) is 86.7 Å². The van der Waals surface area contributed by atoms with Crippen LogP contribution in [0.1, 0.15) is 286 Å². The van der Waals surface area contributed by atoms with Gasteiger partial charge < -0.3 is 71.5 Å². The molecule has 138 heavy (non-hydrogen) atoms. The van der Waals surface area contributed by atoms with Crippen LogP contribution < -0.4 is 28.4 Å². The van der Waals surface area contributed by atoms with Crippen LogP contribution in [0.25, 0.3) is 45.3 Å². The number of esters is 6. The van der Waals surface area contributed by atoms with E-state index in [0.29, 0.717) is 86.2 Å². The highest BCUT2D eigenvalue weighted by Crippen LogP contribution is 2.54. The number of allylic oxidation sites excluding steroid dienone is 2. The molecule has 3 aromatic heterocycles. The van der Waals surface area contributed by atoms with Gasteiger partial charge >= 0.3 is 35.8 Å². The minimum absolute atomic E-state index is 0.0653. The maximum atomic E-state index is 14.5. The monoisotopic (exact) mass is 1910 g/mol. The van der Waals surface area contributed by atoms with Gasteiger partial charge in [0.05, 0.1) is 111 Å². The Morgan fingerprint density at radius 1 is 0.377 bits per heavy atom. The van der Waals surface area contributed by atoms with Crippen molar-refractivity contribution in [2.45, 2.75) is 345 Å². The molecule has 0 radical (unpaired) electrons. The van der Waals surface area contributed by atoms with Crippen LogP contribution in [0.4, 0.5) is 0 Å². The Labute approximate surface area is 813 Å². The maximum absolute atomic E-state index is 14.5. The van der Waals surface area contributed by atoms with Crippen LogP contribution in [-0.2, 0) is 78.0 Å². The second-order valence-electron chi connectivity index (χ2n) is 46.5. The lowest BCUT2D eigenvalue weighted by molar-refractivity contribution is -0.167. The van der Waals surface area contributed by atoms with Gasteiger partial charge in [-0.2, -0.15) is 0 Å². The highest BCUT2D eigenvalue weighted by Gasteiger charge is 2.60. The number of aromatic nitrogens is 6. The van der Waals surface area contributed by atoms with Crippen LogP contribution in [0.2, 0.25) is 0 Å². The van der Waals surface area contributed by atoms with Crippen LogP contribution in [-0.4, -0.2) is 209 Å². The van der Waals surface area contributed by atoms with Crippen molar-refractivity contribution in [3.05, 3.63) is 83.8 Å². The first-order valence-corrected chi connectivity index (χ1v) is 49.6. The van der Waals surface area contributed by atoms with Gasteiger partial charge in [0.25, 0.3) is 0 Å². The molecule has 6 aromatic rings. The molecule has 0 spiro atoms. The normalized spacial score (nSPS) is 29.7. The second-order valence-corrected chi connectivity index (χ2v) is 46.5. The number of hydrogen-bond donors (Lipinski definition) is 0. The number of hydrogen-bond acceptors (Lipinski definition) is 27. The van der Waals surface area contributed by atoms with Crippen molar-refractivity contribution in [1.29, 1.82) is 0 Å². The first kappa shape index (κ1) is 105. The van der Waals surface area contributed by atoms with Gasteiger partial charge in [-0.25, -0.2) is 44.3 Å². The molecular weight excluding hydrogens is 1760 g/mol. The topological polar surface area (TPSA) is 351 Å². The number of aryl methyl sites for hydroxylation is 1. The van der Waals surface area contributed by atoms with E-state index in [-0.39, 0.29) is 86.4 Å². The molecule has 9 aliphatic rings.